The van der Waals surface area contributed by atoms with E-state index in [0.29, 0.717) is 0 Å². The highest BCUT2D eigenvalue weighted by Gasteiger charge is 2.19. The van der Waals surface area contributed by atoms with Crippen LogP contribution in [0.4, 0.5) is 10.5 Å². The Bertz CT molecular complexity index is 525. The van der Waals surface area contributed by atoms with Crippen LogP contribution in [0.1, 0.15) is 6.42 Å². The number of carbonyl (C=O) groups is 2. The number of rotatable bonds is 5. The summed E-state index contributed by atoms with van der Waals surface area (Å²) >= 11 is 17.4. The van der Waals surface area contributed by atoms with Crippen molar-refractivity contribution < 1.29 is 19.8 Å². The zero-order valence-corrected chi connectivity index (χ0v) is 12.3. The Morgan fingerprint density at radius 1 is 1.15 bits per heavy atom. The summed E-state index contributed by atoms with van der Waals surface area (Å²) in [7, 11) is 0. The molecule has 1 aromatic rings. The second-order valence-electron chi connectivity index (χ2n) is 3.75. The molecule has 1 rings (SSSR count). The maximum Gasteiger partial charge on any atom is 0.326 e. The highest BCUT2D eigenvalue weighted by atomic mass is 35.5. The van der Waals surface area contributed by atoms with Gasteiger partial charge in [-0.2, -0.15) is 0 Å². The van der Waals surface area contributed by atoms with E-state index >= 15 is 0 Å². The highest BCUT2D eigenvalue weighted by Crippen LogP contribution is 2.32. The van der Waals surface area contributed by atoms with Gasteiger partial charge in [-0.25, -0.2) is 9.59 Å². The van der Waals surface area contributed by atoms with Gasteiger partial charge in [0.25, 0.3) is 0 Å². The van der Waals surface area contributed by atoms with E-state index in [1.165, 1.54) is 12.1 Å². The number of amides is 2. The number of aliphatic hydroxyl groups excluding tert-OH is 1. The Balaban J connectivity index is 2.75. The van der Waals surface area contributed by atoms with Crippen LogP contribution in [-0.2, 0) is 4.79 Å². The fourth-order valence-corrected chi connectivity index (χ4v) is 1.92. The average molecular weight is 342 g/mol. The molecule has 0 aliphatic heterocycles. The molecule has 0 aromatic heterocycles. The molecule has 20 heavy (non-hydrogen) atoms. The van der Waals surface area contributed by atoms with Crippen molar-refractivity contribution in [2.75, 3.05) is 11.9 Å². The van der Waals surface area contributed by atoms with Crippen LogP contribution in [0.15, 0.2) is 12.1 Å². The third kappa shape index (κ3) is 4.72. The molecule has 2 amide bonds. The normalized spacial score (nSPS) is 11.8. The van der Waals surface area contributed by atoms with Gasteiger partial charge in [0.2, 0.25) is 0 Å². The van der Waals surface area contributed by atoms with Gasteiger partial charge in [0.15, 0.2) is 0 Å². The third-order valence-electron chi connectivity index (χ3n) is 2.28. The second-order valence-corrected chi connectivity index (χ2v) is 4.97. The number of benzene rings is 1. The standard InChI is InChI=1S/C11H11Cl3N2O4/c12-5-3-7(14)9(4-6(5)13)16-11(20)15-8(1-2-17)10(18)19/h3-4,8,17H,1-2H2,(H,18,19)(H2,15,16,20)/t8-/m1/s1. The monoisotopic (exact) mass is 340 g/mol. The van der Waals surface area contributed by atoms with Crippen LogP contribution in [0, 0.1) is 0 Å². The van der Waals surface area contributed by atoms with Crippen LogP contribution >= 0.6 is 34.8 Å². The number of anilines is 1. The summed E-state index contributed by atoms with van der Waals surface area (Å²) in [5.41, 5.74) is 0.187. The second kappa shape index (κ2) is 7.54. The lowest BCUT2D eigenvalue weighted by molar-refractivity contribution is -0.139. The van der Waals surface area contributed by atoms with Crippen molar-refractivity contribution >= 4 is 52.5 Å². The molecule has 0 aliphatic rings. The van der Waals surface area contributed by atoms with Crippen molar-refractivity contribution in [2.24, 2.45) is 0 Å². The lowest BCUT2D eigenvalue weighted by Crippen LogP contribution is -2.43. The Kier molecular flexibility index (Phi) is 6.35. The minimum Gasteiger partial charge on any atom is -0.480 e. The van der Waals surface area contributed by atoms with Crippen molar-refractivity contribution in [3.63, 3.8) is 0 Å². The van der Waals surface area contributed by atoms with E-state index < -0.39 is 18.0 Å². The lowest BCUT2D eigenvalue weighted by Gasteiger charge is -2.15. The first-order valence-electron chi connectivity index (χ1n) is 5.41. The number of aliphatic carboxylic acids is 1. The Morgan fingerprint density at radius 2 is 1.75 bits per heavy atom. The van der Waals surface area contributed by atoms with E-state index in [9.17, 15) is 9.59 Å². The smallest absolute Gasteiger partial charge is 0.326 e. The maximum absolute atomic E-state index is 11.6. The van der Waals surface area contributed by atoms with Crippen LogP contribution in [0.3, 0.4) is 0 Å². The van der Waals surface area contributed by atoms with Crippen molar-refractivity contribution in [3.8, 4) is 0 Å². The van der Waals surface area contributed by atoms with Gasteiger partial charge in [-0.05, 0) is 12.1 Å². The maximum atomic E-state index is 11.6. The van der Waals surface area contributed by atoms with Gasteiger partial charge in [0.05, 0.1) is 20.8 Å². The van der Waals surface area contributed by atoms with Gasteiger partial charge in [-0.3, -0.25) is 0 Å². The fourth-order valence-electron chi connectivity index (χ4n) is 1.32. The minimum atomic E-state index is -1.26. The van der Waals surface area contributed by atoms with Gasteiger partial charge in [-0.15, -0.1) is 0 Å². The predicted octanol–water partition coefficient (Wildman–Crippen LogP) is 2.60. The topological polar surface area (TPSA) is 98.7 Å². The van der Waals surface area contributed by atoms with Gasteiger partial charge in [0.1, 0.15) is 6.04 Å². The quantitative estimate of drug-likeness (QED) is 0.619. The number of aliphatic hydroxyl groups is 1. The first-order valence-corrected chi connectivity index (χ1v) is 6.54. The van der Waals surface area contributed by atoms with Crippen LogP contribution in [0.25, 0.3) is 0 Å². The van der Waals surface area contributed by atoms with E-state index in [1.807, 2.05) is 0 Å². The molecule has 0 saturated heterocycles. The molecular weight excluding hydrogens is 330 g/mol. The van der Waals surface area contributed by atoms with E-state index in [0.717, 1.165) is 0 Å². The molecule has 0 spiro atoms. The number of nitrogens with one attached hydrogen (secondary N) is 2. The molecule has 0 bridgehead atoms. The number of hydrogen-bond donors (Lipinski definition) is 4. The first kappa shape index (κ1) is 16.8. The molecular formula is C11H11Cl3N2O4. The summed E-state index contributed by atoms with van der Waals surface area (Å²) in [5, 5.41) is 22.7. The molecule has 0 unspecified atom stereocenters. The number of carboxylic acids is 1. The van der Waals surface area contributed by atoms with E-state index in [1.54, 1.807) is 0 Å². The Morgan fingerprint density at radius 3 is 2.30 bits per heavy atom. The molecule has 0 heterocycles. The molecule has 0 radical (unpaired) electrons. The molecule has 6 nitrogen and oxygen atoms in total. The summed E-state index contributed by atoms with van der Waals surface area (Å²) < 4.78 is 0. The summed E-state index contributed by atoms with van der Waals surface area (Å²) in [6.07, 6.45) is -0.113. The fraction of sp³-hybridized carbons (Fsp3) is 0.273. The van der Waals surface area contributed by atoms with Crippen molar-refractivity contribution in [2.45, 2.75) is 12.5 Å². The number of carboxylic acid groups (broad SMARTS) is 1. The Hall–Kier alpha value is -1.21. The summed E-state index contributed by atoms with van der Waals surface area (Å²) in [6, 6.07) is 0.699. The van der Waals surface area contributed by atoms with Crippen LogP contribution in [0.5, 0.6) is 0 Å². The van der Waals surface area contributed by atoms with Gasteiger partial charge < -0.3 is 20.8 Å². The molecule has 4 N–H and O–H groups in total. The van der Waals surface area contributed by atoms with Crippen LogP contribution < -0.4 is 10.6 Å². The van der Waals surface area contributed by atoms with Crippen molar-refractivity contribution in [1.29, 1.82) is 0 Å². The van der Waals surface area contributed by atoms with E-state index in [4.69, 9.17) is 45.0 Å². The predicted molar refractivity (Wildman–Crippen MR) is 76.8 cm³/mol. The van der Waals surface area contributed by atoms with Gasteiger partial charge in [0, 0.05) is 13.0 Å². The third-order valence-corrected chi connectivity index (χ3v) is 3.31. The van der Waals surface area contributed by atoms with Crippen molar-refractivity contribution in [1.82, 2.24) is 5.32 Å². The number of urea groups is 1. The minimum absolute atomic E-state index is 0.113. The summed E-state index contributed by atoms with van der Waals surface area (Å²) in [6.45, 7) is -0.370. The van der Waals surface area contributed by atoms with Gasteiger partial charge >= 0.3 is 12.0 Å². The first-order chi connectivity index (χ1) is 9.35. The van der Waals surface area contributed by atoms with E-state index in [2.05, 4.69) is 10.6 Å². The number of carbonyl (C=O) groups excluding carboxylic acids is 1. The average Bonchev–Trinajstić information content (AvgIpc) is 2.35. The molecule has 1 atom stereocenters. The molecule has 0 fully saturated rings. The van der Waals surface area contributed by atoms with Crippen LogP contribution in [0.2, 0.25) is 15.1 Å². The highest BCUT2D eigenvalue weighted by molar-refractivity contribution is 6.44. The summed E-state index contributed by atoms with van der Waals surface area (Å²) in [5.74, 6) is -1.26. The van der Waals surface area contributed by atoms with Gasteiger partial charge in [-0.1, -0.05) is 34.8 Å². The molecule has 0 saturated carbocycles. The SMILES string of the molecule is O=C(Nc1cc(Cl)c(Cl)cc1Cl)N[C@H](CCO)C(=O)O. The number of hydrogen-bond acceptors (Lipinski definition) is 3. The van der Waals surface area contributed by atoms with Crippen LogP contribution in [-0.4, -0.2) is 34.9 Å². The van der Waals surface area contributed by atoms with Crippen molar-refractivity contribution in [3.05, 3.63) is 27.2 Å². The van der Waals surface area contributed by atoms with E-state index in [-0.39, 0.29) is 33.8 Å². The Labute approximate surface area is 129 Å². The largest absolute Gasteiger partial charge is 0.480 e. The zero-order chi connectivity index (χ0) is 15.3. The molecule has 1 aromatic carbocycles. The number of halogens is 3. The summed E-state index contributed by atoms with van der Waals surface area (Å²) in [4.78, 5) is 22.5. The molecule has 0 aliphatic carbocycles. The zero-order valence-electron chi connectivity index (χ0n) is 9.99. The lowest BCUT2D eigenvalue weighted by atomic mass is 10.2. The molecule has 9 heteroatoms. The molecule has 110 valence electrons.